The van der Waals surface area contributed by atoms with Crippen LogP contribution in [0.25, 0.3) is 0 Å². The molecule has 2 N–H and O–H groups in total. The van der Waals surface area contributed by atoms with Crippen molar-refractivity contribution in [3.05, 3.63) is 35.4 Å². The molecule has 0 atom stereocenters. The molecule has 1 aliphatic carbocycles. The van der Waals surface area contributed by atoms with Gasteiger partial charge in [-0.15, -0.1) is 0 Å². The van der Waals surface area contributed by atoms with E-state index >= 15 is 0 Å². The van der Waals surface area contributed by atoms with Gasteiger partial charge in [0.25, 0.3) is 0 Å². The fourth-order valence-corrected chi connectivity index (χ4v) is 3.25. The van der Waals surface area contributed by atoms with E-state index in [0.29, 0.717) is 19.0 Å². The molecule has 3 heteroatoms. The normalized spacial score (nSPS) is 16.5. The molecule has 3 nitrogen and oxygen atoms in total. The fraction of sp³-hybridized carbons (Fsp3) is 0.611. The van der Waals surface area contributed by atoms with Gasteiger partial charge in [0.2, 0.25) is 5.91 Å². The summed E-state index contributed by atoms with van der Waals surface area (Å²) in [5.41, 5.74) is 8.13. The molecule has 1 aliphatic rings. The molecule has 0 aromatic heterocycles. The maximum atomic E-state index is 12.8. The van der Waals surface area contributed by atoms with Crippen LogP contribution in [-0.4, -0.2) is 17.4 Å². The first kappa shape index (κ1) is 16.0. The molecular formula is C18H28N2O. The first-order valence-electron chi connectivity index (χ1n) is 8.32. The molecule has 0 bridgehead atoms. The van der Waals surface area contributed by atoms with Crippen molar-refractivity contribution in [2.24, 2.45) is 11.7 Å². The largest absolute Gasteiger partial charge is 0.338 e. The van der Waals surface area contributed by atoms with Gasteiger partial charge in [-0.05, 0) is 30.9 Å². The van der Waals surface area contributed by atoms with Crippen LogP contribution < -0.4 is 5.73 Å². The standard InChI is InChI=1S/C18H28N2O/c1-2-20(14-17-12-8-7-11-16(17)13-19)18(21)15-9-5-3-4-6-10-15/h7-8,11-12,15H,2-6,9-10,13-14,19H2,1H3. The van der Waals surface area contributed by atoms with Crippen molar-refractivity contribution < 1.29 is 4.79 Å². The van der Waals surface area contributed by atoms with Gasteiger partial charge in [0.15, 0.2) is 0 Å². The van der Waals surface area contributed by atoms with Gasteiger partial charge in [-0.1, -0.05) is 49.9 Å². The van der Waals surface area contributed by atoms with Crippen LogP contribution >= 0.6 is 0 Å². The Kier molecular flexibility index (Phi) is 6.24. The van der Waals surface area contributed by atoms with Crippen molar-refractivity contribution >= 4 is 5.91 Å². The van der Waals surface area contributed by atoms with Crippen LogP contribution in [0.2, 0.25) is 0 Å². The number of carbonyl (C=O) groups excluding carboxylic acids is 1. The molecule has 1 aromatic carbocycles. The summed E-state index contributed by atoms with van der Waals surface area (Å²) in [6, 6.07) is 8.18. The Bertz CT molecular complexity index is 450. The van der Waals surface area contributed by atoms with Crippen molar-refractivity contribution in [1.29, 1.82) is 0 Å². The Morgan fingerprint density at radius 1 is 1.14 bits per heavy atom. The van der Waals surface area contributed by atoms with Crippen molar-refractivity contribution in [3.8, 4) is 0 Å². The highest BCUT2D eigenvalue weighted by atomic mass is 16.2. The first-order chi connectivity index (χ1) is 10.3. The lowest BCUT2D eigenvalue weighted by atomic mass is 9.98. The Morgan fingerprint density at radius 2 is 1.76 bits per heavy atom. The lowest BCUT2D eigenvalue weighted by Crippen LogP contribution is -2.35. The number of amides is 1. The van der Waals surface area contributed by atoms with Crippen molar-refractivity contribution in [1.82, 2.24) is 4.90 Å². The Labute approximate surface area is 128 Å². The van der Waals surface area contributed by atoms with Gasteiger partial charge < -0.3 is 10.6 Å². The van der Waals surface area contributed by atoms with E-state index in [4.69, 9.17) is 5.73 Å². The molecule has 2 rings (SSSR count). The minimum Gasteiger partial charge on any atom is -0.338 e. The van der Waals surface area contributed by atoms with Crippen molar-refractivity contribution in [3.63, 3.8) is 0 Å². The molecule has 21 heavy (non-hydrogen) atoms. The molecule has 0 saturated heterocycles. The highest BCUT2D eigenvalue weighted by molar-refractivity contribution is 5.78. The summed E-state index contributed by atoms with van der Waals surface area (Å²) in [7, 11) is 0. The summed E-state index contributed by atoms with van der Waals surface area (Å²) in [4.78, 5) is 14.8. The van der Waals surface area contributed by atoms with E-state index in [2.05, 4.69) is 19.1 Å². The third kappa shape index (κ3) is 4.31. The zero-order chi connectivity index (χ0) is 15.1. The highest BCUT2D eigenvalue weighted by Crippen LogP contribution is 2.25. The minimum atomic E-state index is 0.234. The number of hydrogen-bond donors (Lipinski definition) is 1. The van der Waals surface area contributed by atoms with Crippen molar-refractivity contribution in [2.75, 3.05) is 6.54 Å². The van der Waals surface area contributed by atoms with Gasteiger partial charge in [0.05, 0.1) is 0 Å². The van der Waals surface area contributed by atoms with Gasteiger partial charge in [-0.3, -0.25) is 4.79 Å². The van der Waals surface area contributed by atoms with Crippen LogP contribution in [0.1, 0.15) is 56.6 Å². The molecule has 0 radical (unpaired) electrons. The predicted octanol–water partition coefficient (Wildman–Crippen LogP) is 3.46. The van der Waals surface area contributed by atoms with Crippen LogP contribution in [-0.2, 0) is 17.9 Å². The maximum absolute atomic E-state index is 12.8. The lowest BCUT2D eigenvalue weighted by molar-refractivity contribution is -0.136. The third-order valence-corrected chi connectivity index (χ3v) is 4.60. The molecule has 1 fully saturated rings. The molecule has 0 unspecified atom stereocenters. The van der Waals surface area contributed by atoms with Crippen LogP contribution in [0.4, 0.5) is 0 Å². The van der Waals surface area contributed by atoms with E-state index in [1.165, 1.54) is 31.2 Å². The summed E-state index contributed by atoms with van der Waals surface area (Å²) < 4.78 is 0. The van der Waals surface area contributed by atoms with Crippen LogP contribution in [0, 0.1) is 5.92 Å². The van der Waals surface area contributed by atoms with E-state index in [1.807, 2.05) is 17.0 Å². The zero-order valence-electron chi connectivity index (χ0n) is 13.2. The second-order valence-electron chi connectivity index (χ2n) is 6.01. The predicted molar refractivity (Wildman–Crippen MR) is 86.6 cm³/mol. The Hall–Kier alpha value is -1.35. The minimum absolute atomic E-state index is 0.234. The SMILES string of the molecule is CCN(Cc1ccccc1CN)C(=O)C1CCCCCC1. The summed E-state index contributed by atoms with van der Waals surface area (Å²) in [6.45, 7) is 4.07. The van der Waals surface area contributed by atoms with Gasteiger partial charge in [0.1, 0.15) is 0 Å². The summed E-state index contributed by atoms with van der Waals surface area (Å²) in [6.07, 6.45) is 7.10. The Morgan fingerprint density at radius 3 is 2.33 bits per heavy atom. The second kappa shape index (κ2) is 8.18. The smallest absolute Gasteiger partial charge is 0.225 e. The first-order valence-corrected chi connectivity index (χ1v) is 8.32. The van der Waals surface area contributed by atoms with Gasteiger partial charge >= 0.3 is 0 Å². The highest BCUT2D eigenvalue weighted by Gasteiger charge is 2.24. The topological polar surface area (TPSA) is 46.3 Å². The molecule has 1 saturated carbocycles. The van der Waals surface area contributed by atoms with Gasteiger partial charge in [-0.25, -0.2) is 0 Å². The average molecular weight is 288 g/mol. The van der Waals surface area contributed by atoms with Gasteiger partial charge in [0, 0.05) is 25.6 Å². The third-order valence-electron chi connectivity index (χ3n) is 4.60. The quantitative estimate of drug-likeness (QED) is 0.843. The second-order valence-corrected chi connectivity index (χ2v) is 6.01. The fourth-order valence-electron chi connectivity index (χ4n) is 3.25. The number of rotatable bonds is 5. The molecule has 116 valence electrons. The molecule has 0 spiro atoms. The number of carbonyl (C=O) groups is 1. The van der Waals surface area contributed by atoms with Crippen LogP contribution in [0.3, 0.4) is 0 Å². The summed E-state index contributed by atoms with van der Waals surface area (Å²) >= 11 is 0. The number of nitrogens with two attached hydrogens (primary N) is 1. The molecule has 1 aromatic rings. The van der Waals surface area contributed by atoms with E-state index in [1.54, 1.807) is 0 Å². The Balaban J connectivity index is 2.06. The van der Waals surface area contributed by atoms with Crippen molar-refractivity contribution in [2.45, 2.75) is 58.5 Å². The van der Waals surface area contributed by atoms with Gasteiger partial charge in [-0.2, -0.15) is 0 Å². The molecule has 0 aliphatic heterocycles. The number of nitrogens with zero attached hydrogens (tertiary/aromatic N) is 1. The maximum Gasteiger partial charge on any atom is 0.225 e. The number of benzene rings is 1. The summed E-state index contributed by atoms with van der Waals surface area (Å²) in [5.74, 6) is 0.573. The summed E-state index contributed by atoms with van der Waals surface area (Å²) in [5, 5.41) is 0. The zero-order valence-corrected chi connectivity index (χ0v) is 13.2. The number of hydrogen-bond acceptors (Lipinski definition) is 2. The molecule has 0 heterocycles. The molecular weight excluding hydrogens is 260 g/mol. The van der Waals surface area contributed by atoms with E-state index in [0.717, 1.165) is 24.9 Å². The molecule has 1 amide bonds. The van der Waals surface area contributed by atoms with E-state index in [-0.39, 0.29) is 5.92 Å². The van der Waals surface area contributed by atoms with Crippen LogP contribution in [0.15, 0.2) is 24.3 Å². The van der Waals surface area contributed by atoms with Crippen LogP contribution in [0.5, 0.6) is 0 Å². The average Bonchev–Trinajstić information content (AvgIpc) is 2.81. The van der Waals surface area contributed by atoms with E-state index in [9.17, 15) is 4.79 Å². The monoisotopic (exact) mass is 288 g/mol. The van der Waals surface area contributed by atoms with E-state index < -0.39 is 0 Å². The lowest BCUT2D eigenvalue weighted by Gasteiger charge is -2.26.